The van der Waals surface area contributed by atoms with Crippen LogP contribution in [-0.2, 0) is 11.2 Å². The second-order valence-electron chi connectivity index (χ2n) is 7.19. The van der Waals surface area contributed by atoms with E-state index < -0.39 is 5.97 Å². The molecule has 0 saturated carbocycles. The van der Waals surface area contributed by atoms with Crippen molar-refractivity contribution in [1.29, 1.82) is 0 Å². The number of hydrogen-bond acceptors (Lipinski definition) is 4. The number of nitrogens with one attached hydrogen (secondary N) is 1. The predicted octanol–water partition coefficient (Wildman–Crippen LogP) is 6.06. The van der Waals surface area contributed by atoms with E-state index in [0.29, 0.717) is 10.8 Å². The van der Waals surface area contributed by atoms with Gasteiger partial charge in [0.1, 0.15) is 5.75 Å². The predicted molar refractivity (Wildman–Crippen MR) is 131 cm³/mol. The third kappa shape index (κ3) is 5.77. The molecule has 1 N–H and O–H groups in total. The average molecular weight is 477 g/mol. The number of esters is 1. The van der Waals surface area contributed by atoms with Crippen LogP contribution in [0, 0.1) is 0 Å². The first-order valence-corrected chi connectivity index (χ1v) is 10.8. The van der Waals surface area contributed by atoms with Gasteiger partial charge in [-0.15, -0.1) is 0 Å². The normalized spacial score (nSPS) is 11.0. The highest BCUT2D eigenvalue weighted by molar-refractivity contribution is 6.36. The molecule has 0 aliphatic carbocycles. The Balaban J connectivity index is 1.33. The molecule has 0 atom stereocenters. The molecule has 0 bridgehead atoms. The van der Waals surface area contributed by atoms with Crippen LogP contribution >= 0.6 is 23.2 Å². The highest BCUT2D eigenvalue weighted by Crippen LogP contribution is 2.23. The monoisotopic (exact) mass is 476 g/mol. The van der Waals surface area contributed by atoms with Crippen molar-refractivity contribution >= 4 is 52.1 Å². The molecule has 4 rings (SSSR count). The minimum absolute atomic E-state index is 0.215. The Morgan fingerprint density at radius 2 is 1.67 bits per heavy atom. The summed E-state index contributed by atoms with van der Waals surface area (Å²) in [4.78, 5) is 24.6. The van der Waals surface area contributed by atoms with E-state index in [0.717, 1.165) is 21.9 Å². The van der Waals surface area contributed by atoms with Crippen LogP contribution in [0.1, 0.15) is 21.5 Å². The Bertz CT molecular complexity index is 1350. The molecule has 0 fully saturated rings. The maximum absolute atomic E-state index is 12.3. The van der Waals surface area contributed by atoms with Gasteiger partial charge in [-0.05, 0) is 64.4 Å². The summed E-state index contributed by atoms with van der Waals surface area (Å²) in [6.45, 7) is 0. The molecule has 0 aliphatic heterocycles. The lowest BCUT2D eigenvalue weighted by molar-refractivity contribution is -0.120. The fourth-order valence-electron chi connectivity index (χ4n) is 3.28. The van der Waals surface area contributed by atoms with E-state index in [1.54, 1.807) is 30.3 Å². The van der Waals surface area contributed by atoms with E-state index in [4.69, 9.17) is 27.9 Å². The quantitative estimate of drug-likeness (QED) is 0.159. The molecule has 0 heterocycles. The van der Waals surface area contributed by atoms with Crippen LogP contribution < -0.4 is 10.2 Å². The topological polar surface area (TPSA) is 67.8 Å². The Hall–Kier alpha value is -3.67. The molecule has 0 spiro atoms. The van der Waals surface area contributed by atoms with Crippen molar-refractivity contribution in [2.75, 3.05) is 0 Å². The summed E-state index contributed by atoms with van der Waals surface area (Å²) in [5.74, 6) is -0.449. The van der Waals surface area contributed by atoms with Gasteiger partial charge in [0.25, 0.3) is 0 Å². The summed E-state index contributed by atoms with van der Waals surface area (Å²) in [5.41, 5.74) is 4.43. The lowest BCUT2D eigenvalue weighted by Crippen LogP contribution is -2.19. The molecule has 0 radical (unpaired) electrons. The van der Waals surface area contributed by atoms with Gasteiger partial charge in [-0.3, -0.25) is 4.79 Å². The first-order chi connectivity index (χ1) is 16.0. The molecule has 0 aromatic heterocycles. The van der Waals surface area contributed by atoms with Gasteiger partial charge in [-0.25, -0.2) is 10.2 Å². The third-order valence-electron chi connectivity index (χ3n) is 4.88. The van der Waals surface area contributed by atoms with Crippen LogP contribution in [0.15, 0.2) is 90.0 Å². The number of nitrogens with zero attached hydrogens (tertiary/aromatic N) is 1. The summed E-state index contributed by atoms with van der Waals surface area (Å²) in [6.07, 6.45) is 1.74. The van der Waals surface area contributed by atoms with Crippen LogP contribution in [0.5, 0.6) is 5.75 Å². The largest absolute Gasteiger partial charge is 0.423 e. The molecule has 0 saturated heterocycles. The Morgan fingerprint density at radius 1 is 0.909 bits per heavy atom. The van der Waals surface area contributed by atoms with Gasteiger partial charge in [-0.2, -0.15) is 5.10 Å². The molecule has 7 heteroatoms. The zero-order valence-electron chi connectivity index (χ0n) is 17.3. The number of rotatable bonds is 6. The van der Waals surface area contributed by atoms with E-state index in [1.165, 1.54) is 18.3 Å². The lowest BCUT2D eigenvalue weighted by atomic mass is 10.0. The summed E-state index contributed by atoms with van der Waals surface area (Å²) in [5, 5.41) is 6.80. The third-order valence-corrected chi connectivity index (χ3v) is 5.42. The van der Waals surface area contributed by atoms with Gasteiger partial charge >= 0.3 is 5.97 Å². The van der Waals surface area contributed by atoms with Gasteiger partial charge in [0.2, 0.25) is 5.91 Å². The lowest BCUT2D eigenvalue weighted by Gasteiger charge is -2.06. The summed E-state index contributed by atoms with van der Waals surface area (Å²) < 4.78 is 5.34. The van der Waals surface area contributed by atoms with Crippen LogP contribution in [0.25, 0.3) is 10.8 Å². The van der Waals surface area contributed by atoms with E-state index in [2.05, 4.69) is 10.5 Å². The van der Waals surface area contributed by atoms with Crippen molar-refractivity contribution in [1.82, 2.24) is 5.43 Å². The molecule has 0 unspecified atom stereocenters. The average Bonchev–Trinajstić information content (AvgIpc) is 2.80. The first kappa shape index (κ1) is 22.5. The fourth-order valence-corrected chi connectivity index (χ4v) is 3.76. The number of carbonyl (C=O) groups excluding carboxylic acids is 2. The fraction of sp³-hybridized carbons (Fsp3) is 0.0385. The zero-order chi connectivity index (χ0) is 23.2. The van der Waals surface area contributed by atoms with Crippen molar-refractivity contribution in [2.45, 2.75) is 6.42 Å². The van der Waals surface area contributed by atoms with Gasteiger partial charge in [0.05, 0.1) is 23.2 Å². The summed E-state index contributed by atoms with van der Waals surface area (Å²) >= 11 is 11.9. The highest BCUT2D eigenvalue weighted by atomic mass is 35.5. The van der Waals surface area contributed by atoms with Crippen LogP contribution in [0.3, 0.4) is 0 Å². The molecule has 4 aromatic carbocycles. The van der Waals surface area contributed by atoms with Crippen LogP contribution in [-0.4, -0.2) is 18.1 Å². The van der Waals surface area contributed by atoms with Crippen LogP contribution in [0.4, 0.5) is 0 Å². The molecular weight excluding hydrogens is 459 g/mol. The number of amides is 1. The maximum Gasteiger partial charge on any atom is 0.345 e. The van der Waals surface area contributed by atoms with E-state index >= 15 is 0 Å². The standard InChI is InChI=1S/C26H18Cl2N2O3/c27-20-10-13-23(24(28)15-20)26(32)33-21-11-8-17(9-12-21)16-29-30-25(31)14-19-6-3-5-18-4-1-2-7-22(18)19/h1-13,15-16H,14H2,(H,30,31). The smallest absolute Gasteiger partial charge is 0.345 e. The number of benzene rings is 4. The number of fused-ring (bicyclic) bond motifs is 1. The Labute approximate surface area is 200 Å². The zero-order valence-corrected chi connectivity index (χ0v) is 18.8. The van der Waals surface area contributed by atoms with Gasteiger partial charge in [-0.1, -0.05) is 65.7 Å². The van der Waals surface area contributed by atoms with E-state index in [9.17, 15) is 9.59 Å². The minimum Gasteiger partial charge on any atom is -0.423 e. The maximum atomic E-state index is 12.3. The van der Waals surface area contributed by atoms with Gasteiger partial charge in [0, 0.05) is 5.02 Å². The SMILES string of the molecule is O=C(Cc1cccc2ccccc12)NN=Cc1ccc(OC(=O)c2ccc(Cl)cc2Cl)cc1. The molecule has 4 aromatic rings. The minimum atomic E-state index is -0.584. The van der Waals surface area contributed by atoms with Crippen molar-refractivity contribution < 1.29 is 14.3 Å². The Morgan fingerprint density at radius 3 is 2.45 bits per heavy atom. The summed E-state index contributed by atoms with van der Waals surface area (Å²) in [7, 11) is 0. The first-order valence-electron chi connectivity index (χ1n) is 10.1. The van der Waals surface area contributed by atoms with Crippen LogP contribution in [0.2, 0.25) is 10.0 Å². The number of halogens is 2. The summed E-state index contributed by atoms with van der Waals surface area (Å²) in [6, 6.07) is 25.0. The molecule has 33 heavy (non-hydrogen) atoms. The van der Waals surface area contributed by atoms with E-state index in [1.807, 2.05) is 42.5 Å². The highest BCUT2D eigenvalue weighted by Gasteiger charge is 2.13. The molecule has 164 valence electrons. The van der Waals surface area contributed by atoms with E-state index in [-0.39, 0.29) is 22.9 Å². The molecule has 1 amide bonds. The molecule has 0 aliphatic rings. The number of carbonyl (C=O) groups is 2. The van der Waals surface area contributed by atoms with Crippen molar-refractivity contribution in [3.8, 4) is 5.75 Å². The Kier molecular flexibility index (Phi) is 7.03. The van der Waals surface area contributed by atoms with Gasteiger partial charge < -0.3 is 4.74 Å². The molecule has 5 nitrogen and oxygen atoms in total. The number of ether oxygens (including phenoxy) is 1. The van der Waals surface area contributed by atoms with Gasteiger partial charge in [0.15, 0.2) is 0 Å². The number of hydrogen-bond donors (Lipinski definition) is 1. The second kappa shape index (κ2) is 10.3. The van der Waals surface area contributed by atoms with Crippen molar-refractivity contribution in [3.05, 3.63) is 112 Å². The van der Waals surface area contributed by atoms with Crippen molar-refractivity contribution in [2.24, 2.45) is 5.10 Å². The molecular formula is C26H18Cl2N2O3. The number of hydrazone groups is 1. The van der Waals surface area contributed by atoms with Crippen molar-refractivity contribution in [3.63, 3.8) is 0 Å². The second-order valence-corrected chi connectivity index (χ2v) is 8.03.